The summed E-state index contributed by atoms with van der Waals surface area (Å²) in [6.07, 6.45) is 4.79. The Balaban J connectivity index is 0.000000433. The van der Waals surface area contributed by atoms with Crippen molar-refractivity contribution in [3.63, 3.8) is 0 Å². The number of nitrogens with two attached hydrogens (primary N) is 2. The molecule has 0 atom stereocenters. The molecule has 0 saturated carbocycles. The number of carboxylic acids is 1. The quantitative estimate of drug-likeness (QED) is 0.634. The molecule has 0 fully saturated rings. The van der Waals surface area contributed by atoms with Crippen molar-refractivity contribution in [3.8, 4) is 5.75 Å². The first-order chi connectivity index (χ1) is 10.0. The molecule has 0 spiro atoms. The second-order valence-corrected chi connectivity index (χ2v) is 5.09. The molecule has 120 valence electrons. The van der Waals surface area contributed by atoms with E-state index in [1.54, 1.807) is 6.07 Å². The molecule has 0 bridgehead atoms. The Morgan fingerprint density at radius 3 is 2.10 bits per heavy atom. The summed E-state index contributed by atoms with van der Waals surface area (Å²) in [5.41, 5.74) is 10.6. The number of aliphatic carboxylic acids is 1. The van der Waals surface area contributed by atoms with Crippen LogP contribution in [0.3, 0.4) is 0 Å². The predicted molar refractivity (Wildman–Crippen MR) is 86.2 cm³/mol. The zero-order valence-corrected chi connectivity index (χ0v) is 13.4. The fourth-order valence-electron chi connectivity index (χ4n) is 1.37. The Labute approximate surface area is 135 Å². The van der Waals surface area contributed by atoms with Gasteiger partial charge in [-0.15, -0.1) is 0 Å². The standard InChI is InChI=1S/C8H6Cl2O3.C6H16N2/c9-5-1-2-7(6(10)3-5)13-4-8(11)12;7-5-3-1-2-4-6-8/h1-3H,4H2,(H,11,12);1-8H2. The van der Waals surface area contributed by atoms with E-state index in [0.29, 0.717) is 15.8 Å². The molecule has 0 aliphatic carbocycles. The molecule has 0 saturated heterocycles. The fourth-order valence-corrected chi connectivity index (χ4v) is 1.84. The summed E-state index contributed by atoms with van der Waals surface area (Å²) in [6.45, 7) is 1.23. The highest BCUT2D eigenvalue weighted by Crippen LogP contribution is 2.27. The molecular formula is C14H22Cl2N2O3. The van der Waals surface area contributed by atoms with Crippen molar-refractivity contribution in [3.05, 3.63) is 28.2 Å². The van der Waals surface area contributed by atoms with Crippen molar-refractivity contribution < 1.29 is 14.6 Å². The van der Waals surface area contributed by atoms with E-state index in [-0.39, 0.29) is 0 Å². The number of halogens is 2. The summed E-state index contributed by atoms with van der Waals surface area (Å²) in [4.78, 5) is 10.2. The van der Waals surface area contributed by atoms with Gasteiger partial charge in [-0.3, -0.25) is 0 Å². The number of rotatable bonds is 8. The van der Waals surface area contributed by atoms with Gasteiger partial charge in [0.05, 0.1) is 5.02 Å². The monoisotopic (exact) mass is 336 g/mol. The van der Waals surface area contributed by atoms with Crippen molar-refractivity contribution in [1.29, 1.82) is 0 Å². The second-order valence-electron chi connectivity index (χ2n) is 4.25. The lowest BCUT2D eigenvalue weighted by Gasteiger charge is -2.04. The van der Waals surface area contributed by atoms with Gasteiger partial charge < -0.3 is 21.3 Å². The molecule has 0 unspecified atom stereocenters. The highest BCUT2D eigenvalue weighted by Gasteiger charge is 2.04. The Morgan fingerprint density at radius 2 is 1.67 bits per heavy atom. The van der Waals surface area contributed by atoms with Crippen molar-refractivity contribution in [2.45, 2.75) is 25.7 Å². The number of unbranched alkanes of at least 4 members (excludes halogenated alkanes) is 3. The Morgan fingerprint density at radius 1 is 1.10 bits per heavy atom. The molecule has 1 rings (SSSR count). The van der Waals surface area contributed by atoms with E-state index in [0.717, 1.165) is 25.9 Å². The Bertz CT molecular complexity index is 411. The van der Waals surface area contributed by atoms with E-state index in [9.17, 15) is 4.79 Å². The van der Waals surface area contributed by atoms with Crippen LogP contribution in [0.5, 0.6) is 5.75 Å². The molecule has 7 heteroatoms. The Kier molecular flexibility index (Phi) is 12.1. The molecule has 1 aromatic rings. The first-order valence-corrected chi connectivity index (χ1v) is 7.46. The largest absolute Gasteiger partial charge is 0.480 e. The average molecular weight is 337 g/mol. The molecule has 0 amide bonds. The van der Waals surface area contributed by atoms with E-state index in [1.807, 2.05) is 0 Å². The highest BCUT2D eigenvalue weighted by atomic mass is 35.5. The molecule has 0 aromatic heterocycles. The van der Waals surface area contributed by atoms with Gasteiger partial charge >= 0.3 is 5.97 Å². The van der Waals surface area contributed by atoms with Crippen LogP contribution < -0.4 is 16.2 Å². The van der Waals surface area contributed by atoms with E-state index in [4.69, 9.17) is 44.5 Å². The van der Waals surface area contributed by atoms with Crippen LogP contribution in [-0.2, 0) is 4.79 Å². The topological polar surface area (TPSA) is 98.6 Å². The summed E-state index contributed by atoms with van der Waals surface area (Å²) in [6, 6.07) is 4.58. The summed E-state index contributed by atoms with van der Waals surface area (Å²) < 4.78 is 4.86. The molecule has 0 heterocycles. The zero-order valence-electron chi connectivity index (χ0n) is 11.9. The van der Waals surface area contributed by atoms with Crippen LogP contribution in [0.15, 0.2) is 18.2 Å². The van der Waals surface area contributed by atoms with Gasteiger partial charge in [0.1, 0.15) is 5.75 Å². The minimum absolute atomic E-state index is 0.300. The van der Waals surface area contributed by atoms with Crippen molar-refractivity contribution in [1.82, 2.24) is 0 Å². The lowest BCUT2D eigenvalue weighted by atomic mass is 10.2. The van der Waals surface area contributed by atoms with Crippen LogP contribution in [0.25, 0.3) is 0 Å². The third-order valence-corrected chi connectivity index (χ3v) is 2.93. The molecule has 1 aromatic carbocycles. The van der Waals surface area contributed by atoms with Gasteiger partial charge in [0.25, 0.3) is 0 Å². The summed E-state index contributed by atoms with van der Waals surface area (Å²) >= 11 is 11.3. The van der Waals surface area contributed by atoms with Gasteiger partial charge in [-0.25, -0.2) is 4.79 Å². The molecule has 21 heavy (non-hydrogen) atoms. The minimum Gasteiger partial charge on any atom is -0.480 e. The van der Waals surface area contributed by atoms with E-state index in [1.165, 1.54) is 25.0 Å². The Hall–Kier alpha value is -1.01. The van der Waals surface area contributed by atoms with Crippen LogP contribution >= 0.6 is 23.2 Å². The van der Waals surface area contributed by atoms with Crippen molar-refractivity contribution in [2.24, 2.45) is 11.5 Å². The average Bonchev–Trinajstić information content (AvgIpc) is 2.43. The van der Waals surface area contributed by atoms with Crippen molar-refractivity contribution in [2.75, 3.05) is 19.7 Å². The number of carboxylic acid groups (broad SMARTS) is 1. The van der Waals surface area contributed by atoms with Crippen LogP contribution in [-0.4, -0.2) is 30.8 Å². The maximum Gasteiger partial charge on any atom is 0.341 e. The van der Waals surface area contributed by atoms with E-state index in [2.05, 4.69) is 0 Å². The molecule has 5 N–H and O–H groups in total. The van der Waals surface area contributed by atoms with Crippen LogP contribution in [0.2, 0.25) is 10.0 Å². The highest BCUT2D eigenvalue weighted by molar-refractivity contribution is 6.35. The van der Waals surface area contributed by atoms with Gasteiger partial charge in [-0.1, -0.05) is 36.0 Å². The predicted octanol–water partition coefficient (Wildman–Crippen LogP) is 2.92. The maximum atomic E-state index is 10.2. The smallest absolute Gasteiger partial charge is 0.341 e. The van der Waals surface area contributed by atoms with Gasteiger partial charge in [0, 0.05) is 5.02 Å². The number of hydrogen-bond donors (Lipinski definition) is 3. The zero-order chi connectivity index (χ0) is 16.1. The van der Waals surface area contributed by atoms with E-state index >= 15 is 0 Å². The molecule has 0 aliphatic rings. The maximum absolute atomic E-state index is 10.2. The van der Waals surface area contributed by atoms with Crippen LogP contribution in [0, 0.1) is 0 Å². The third kappa shape index (κ3) is 11.3. The van der Waals surface area contributed by atoms with Gasteiger partial charge in [-0.2, -0.15) is 0 Å². The van der Waals surface area contributed by atoms with E-state index < -0.39 is 12.6 Å². The van der Waals surface area contributed by atoms with Crippen molar-refractivity contribution >= 4 is 29.2 Å². The number of hydrogen-bond acceptors (Lipinski definition) is 4. The first-order valence-electron chi connectivity index (χ1n) is 6.71. The summed E-state index contributed by atoms with van der Waals surface area (Å²) in [7, 11) is 0. The minimum atomic E-state index is -1.05. The summed E-state index contributed by atoms with van der Waals surface area (Å²) in [5.74, 6) is -0.737. The number of ether oxygens (including phenoxy) is 1. The van der Waals surface area contributed by atoms with Crippen LogP contribution in [0.4, 0.5) is 0 Å². The lowest BCUT2D eigenvalue weighted by Crippen LogP contribution is -2.09. The van der Waals surface area contributed by atoms with Gasteiger partial charge in [0.15, 0.2) is 6.61 Å². The summed E-state index contributed by atoms with van der Waals surface area (Å²) in [5, 5.41) is 9.11. The van der Waals surface area contributed by atoms with Crippen LogP contribution in [0.1, 0.15) is 25.7 Å². The van der Waals surface area contributed by atoms with Gasteiger partial charge in [-0.05, 0) is 44.1 Å². The third-order valence-electron chi connectivity index (χ3n) is 2.40. The fraction of sp³-hybridized carbons (Fsp3) is 0.500. The molecular weight excluding hydrogens is 315 g/mol. The molecule has 0 radical (unpaired) electrons. The van der Waals surface area contributed by atoms with Gasteiger partial charge in [0.2, 0.25) is 0 Å². The number of benzene rings is 1. The first kappa shape index (κ1) is 20.0. The second kappa shape index (κ2) is 12.7. The lowest BCUT2D eigenvalue weighted by molar-refractivity contribution is -0.139. The SMILES string of the molecule is NCCCCCCN.O=C(O)COc1ccc(Cl)cc1Cl. The molecule has 5 nitrogen and oxygen atoms in total. The number of carbonyl (C=O) groups is 1. The molecule has 0 aliphatic heterocycles. The normalized spacial score (nSPS) is 9.71.